The zero-order chi connectivity index (χ0) is 21.7. The largest absolute Gasteiger partial charge is 0.465 e. The number of pyridine rings is 1. The highest BCUT2D eigenvalue weighted by Gasteiger charge is 2.30. The van der Waals surface area contributed by atoms with Gasteiger partial charge in [-0.1, -0.05) is 30.3 Å². The summed E-state index contributed by atoms with van der Waals surface area (Å²) in [6, 6.07) is 12.5. The Bertz CT molecular complexity index is 1050. The highest BCUT2D eigenvalue weighted by Crippen LogP contribution is 2.29. The summed E-state index contributed by atoms with van der Waals surface area (Å²) in [5.41, 5.74) is 0.941. The van der Waals surface area contributed by atoms with Gasteiger partial charge in [0, 0.05) is 5.39 Å². The lowest BCUT2D eigenvalue weighted by atomic mass is 10.0. The van der Waals surface area contributed by atoms with Crippen molar-refractivity contribution in [3.05, 3.63) is 71.9 Å². The SMILES string of the molecule is O=C(O)N[C@H](CCc1ccc(C(F)(F)F)cc1)C(=O)Nc1cnc2ccccc2c1. The number of aromatic nitrogens is 1. The third-order valence-electron chi connectivity index (χ3n) is 4.48. The van der Waals surface area contributed by atoms with E-state index in [1.54, 1.807) is 6.07 Å². The van der Waals surface area contributed by atoms with Crippen molar-refractivity contribution < 1.29 is 27.9 Å². The normalized spacial score (nSPS) is 12.4. The Balaban J connectivity index is 1.68. The Morgan fingerprint density at radius 2 is 1.77 bits per heavy atom. The monoisotopic (exact) mass is 417 g/mol. The van der Waals surface area contributed by atoms with Gasteiger partial charge in [0.05, 0.1) is 23.0 Å². The maximum absolute atomic E-state index is 12.7. The molecule has 0 radical (unpaired) electrons. The molecule has 0 fully saturated rings. The lowest BCUT2D eigenvalue weighted by Crippen LogP contribution is -2.43. The third kappa shape index (κ3) is 5.47. The summed E-state index contributed by atoms with van der Waals surface area (Å²) in [6.45, 7) is 0. The molecule has 9 heteroatoms. The predicted octanol–water partition coefficient (Wildman–Crippen LogP) is 4.46. The van der Waals surface area contributed by atoms with Gasteiger partial charge in [0.25, 0.3) is 0 Å². The number of benzene rings is 2. The summed E-state index contributed by atoms with van der Waals surface area (Å²) in [6.07, 6.45) is -4.05. The lowest BCUT2D eigenvalue weighted by Gasteiger charge is -2.17. The smallest absolute Gasteiger partial charge is 0.416 e. The second kappa shape index (κ2) is 8.81. The van der Waals surface area contributed by atoms with Crippen molar-refractivity contribution in [3.63, 3.8) is 0 Å². The fourth-order valence-electron chi connectivity index (χ4n) is 2.96. The van der Waals surface area contributed by atoms with Crippen LogP contribution in [0.1, 0.15) is 17.5 Å². The van der Waals surface area contributed by atoms with Gasteiger partial charge in [-0.25, -0.2) is 4.79 Å². The van der Waals surface area contributed by atoms with Crippen LogP contribution < -0.4 is 10.6 Å². The van der Waals surface area contributed by atoms with Crippen LogP contribution in [-0.2, 0) is 17.4 Å². The van der Waals surface area contributed by atoms with Crippen molar-refractivity contribution in [2.45, 2.75) is 25.1 Å². The molecule has 3 N–H and O–H groups in total. The molecule has 0 aliphatic heterocycles. The number of carboxylic acid groups (broad SMARTS) is 1. The van der Waals surface area contributed by atoms with Crippen molar-refractivity contribution >= 4 is 28.6 Å². The van der Waals surface area contributed by atoms with Crippen LogP contribution in [0.3, 0.4) is 0 Å². The van der Waals surface area contributed by atoms with Crippen molar-refractivity contribution in [1.29, 1.82) is 0 Å². The number of anilines is 1. The first-order valence-corrected chi connectivity index (χ1v) is 9.03. The molecule has 0 saturated heterocycles. The first-order valence-electron chi connectivity index (χ1n) is 9.03. The predicted molar refractivity (Wildman–Crippen MR) is 105 cm³/mol. The average molecular weight is 417 g/mol. The Morgan fingerprint density at radius 3 is 2.43 bits per heavy atom. The number of para-hydroxylation sites is 1. The number of carbonyl (C=O) groups is 2. The maximum atomic E-state index is 12.7. The van der Waals surface area contributed by atoms with Crippen LogP contribution in [0.4, 0.5) is 23.7 Å². The number of amides is 2. The number of fused-ring (bicyclic) bond motifs is 1. The molecule has 0 aliphatic rings. The number of halogens is 3. The molecule has 1 atom stereocenters. The van der Waals surface area contributed by atoms with Crippen LogP contribution in [0.2, 0.25) is 0 Å². The quantitative estimate of drug-likeness (QED) is 0.552. The number of aryl methyl sites for hydroxylation is 1. The molecule has 156 valence electrons. The summed E-state index contributed by atoms with van der Waals surface area (Å²) < 4.78 is 38.0. The van der Waals surface area contributed by atoms with Crippen molar-refractivity contribution in [1.82, 2.24) is 10.3 Å². The molecule has 6 nitrogen and oxygen atoms in total. The minimum absolute atomic E-state index is 0.0739. The minimum Gasteiger partial charge on any atom is -0.465 e. The zero-order valence-electron chi connectivity index (χ0n) is 15.6. The third-order valence-corrected chi connectivity index (χ3v) is 4.48. The summed E-state index contributed by atoms with van der Waals surface area (Å²) in [5.74, 6) is -0.582. The van der Waals surface area contributed by atoms with Gasteiger partial charge in [-0.15, -0.1) is 0 Å². The molecule has 0 bridgehead atoms. The number of alkyl halides is 3. The standard InChI is InChI=1S/C21H18F3N3O3/c22-21(23,24)15-8-5-13(6-9-15)7-10-18(27-20(29)30)19(28)26-16-11-14-3-1-2-4-17(14)25-12-16/h1-6,8-9,11-12,18,27H,7,10H2,(H,26,28)(H,29,30)/t18-/m1/s1. The molecular weight excluding hydrogens is 399 g/mol. The fraction of sp³-hybridized carbons (Fsp3) is 0.190. The van der Waals surface area contributed by atoms with E-state index in [0.29, 0.717) is 11.3 Å². The highest BCUT2D eigenvalue weighted by atomic mass is 19.4. The molecule has 0 saturated carbocycles. The Hall–Kier alpha value is -3.62. The Kier molecular flexibility index (Phi) is 6.20. The van der Waals surface area contributed by atoms with Crippen LogP contribution in [-0.4, -0.2) is 28.1 Å². The first kappa shape index (κ1) is 21.1. The second-order valence-electron chi connectivity index (χ2n) is 6.64. The molecule has 1 aromatic heterocycles. The molecule has 1 heterocycles. The maximum Gasteiger partial charge on any atom is 0.416 e. The molecule has 3 rings (SSSR count). The molecule has 0 unspecified atom stereocenters. The highest BCUT2D eigenvalue weighted by molar-refractivity contribution is 5.97. The average Bonchev–Trinajstić information content (AvgIpc) is 2.70. The number of nitrogens with one attached hydrogen (secondary N) is 2. The molecule has 0 spiro atoms. The molecular formula is C21H18F3N3O3. The summed E-state index contributed by atoms with van der Waals surface area (Å²) in [4.78, 5) is 27.9. The van der Waals surface area contributed by atoms with E-state index in [9.17, 15) is 22.8 Å². The summed E-state index contributed by atoms with van der Waals surface area (Å²) in [5, 5.41) is 14.6. The van der Waals surface area contributed by atoms with Gasteiger partial charge >= 0.3 is 12.3 Å². The molecule has 3 aromatic rings. The number of hydrogen-bond acceptors (Lipinski definition) is 3. The van der Waals surface area contributed by atoms with E-state index in [-0.39, 0.29) is 12.8 Å². The molecule has 30 heavy (non-hydrogen) atoms. The summed E-state index contributed by atoms with van der Waals surface area (Å²) >= 11 is 0. The number of carbonyl (C=O) groups excluding carboxylic acids is 1. The second-order valence-corrected chi connectivity index (χ2v) is 6.64. The first-order chi connectivity index (χ1) is 14.2. The topological polar surface area (TPSA) is 91.3 Å². The lowest BCUT2D eigenvalue weighted by molar-refractivity contribution is -0.137. The van der Waals surface area contributed by atoms with E-state index < -0.39 is 29.8 Å². The van der Waals surface area contributed by atoms with Crippen LogP contribution >= 0.6 is 0 Å². The number of hydrogen-bond donors (Lipinski definition) is 3. The van der Waals surface area contributed by atoms with E-state index >= 15 is 0 Å². The van der Waals surface area contributed by atoms with E-state index in [1.807, 2.05) is 24.3 Å². The van der Waals surface area contributed by atoms with Gasteiger partial charge in [-0.05, 0) is 42.7 Å². The van der Waals surface area contributed by atoms with Crippen LogP contribution in [0.15, 0.2) is 60.8 Å². The van der Waals surface area contributed by atoms with E-state index in [2.05, 4.69) is 15.6 Å². The van der Waals surface area contributed by atoms with Crippen LogP contribution in [0.5, 0.6) is 0 Å². The van der Waals surface area contributed by atoms with E-state index in [4.69, 9.17) is 5.11 Å². The van der Waals surface area contributed by atoms with Gasteiger partial charge < -0.3 is 15.7 Å². The Labute approximate surface area is 169 Å². The zero-order valence-corrected chi connectivity index (χ0v) is 15.6. The van der Waals surface area contributed by atoms with Crippen molar-refractivity contribution in [3.8, 4) is 0 Å². The van der Waals surface area contributed by atoms with E-state index in [0.717, 1.165) is 23.0 Å². The Morgan fingerprint density at radius 1 is 1.07 bits per heavy atom. The van der Waals surface area contributed by atoms with Gasteiger partial charge in [-0.2, -0.15) is 13.2 Å². The van der Waals surface area contributed by atoms with Gasteiger partial charge in [-0.3, -0.25) is 9.78 Å². The van der Waals surface area contributed by atoms with Crippen molar-refractivity contribution in [2.24, 2.45) is 0 Å². The number of rotatable bonds is 6. The van der Waals surface area contributed by atoms with Gasteiger partial charge in [0.1, 0.15) is 6.04 Å². The van der Waals surface area contributed by atoms with Crippen LogP contribution in [0.25, 0.3) is 10.9 Å². The fourth-order valence-corrected chi connectivity index (χ4v) is 2.96. The van der Waals surface area contributed by atoms with E-state index in [1.165, 1.54) is 18.3 Å². The van der Waals surface area contributed by atoms with Gasteiger partial charge in [0.2, 0.25) is 5.91 Å². The molecule has 2 amide bonds. The number of nitrogens with zero attached hydrogens (tertiary/aromatic N) is 1. The summed E-state index contributed by atoms with van der Waals surface area (Å²) in [7, 11) is 0. The molecule has 0 aliphatic carbocycles. The van der Waals surface area contributed by atoms with Crippen LogP contribution in [0, 0.1) is 0 Å². The minimum atomic E-state index is -4.43. The van der Waals surface area contributed by atoms with Crippen molar-refractivity contribution in [2.75, 3.05) is 5.32 Å². The molecule has 2 aromatic carbocycles. The van der Waals surface area contributed by atoms with Gasteiger partial charge in [0.15, 0.2) is 0 Å².